The molecule has 2 bridgehead atoms. The maximum atomic E-state index is 13.4. The number of fused-ring (bicyclic) bond motifs is 4. The second-order valence-electron chi connectivity index (χ2n) is 12.9. The van der Waals surface area contributed by atoms with Crippen molar-refractivity contribution in [3.8, 4) is 5.75 Å². The van der Waals surface area contributed by atoms with Crippen molar-refractivity contribution in [3.05, 3.63) is 70.3 Å². The van der Waals surface area contributed by atoms with Crippen molar-refractivity contribution >= 4 is 39.0 Å². The van der Waals surface area contributed by atoms with E-state index in [1.54, 1.807) is 31.2 Å². The van der Waals surface area contributed by atoms with E-state index in [1.165, 1.54) is 11.1 Å². The molecule has 2 aliphatic heterocycles. The Kier molecular flexibility index (Phi) is 7.67. The second-order valence-corrected chi connectivity index (χ2v) is 15.4. The van der Waals surface area contributed by atoms with Crippen LogP contribution in [0.5, 0.6) is 5.75 Å². The van der Waals surface area contributed by atoms with Gasteiger partial charge in [-0.2, -0.15) is 0 Å². The summed E-state index contributed by atoms with van der Waals surface area (Å²) < 4.78 is 35.3. The number of carbonyl (C=O) groups is 2. The van der Waals surface area contributed by atoms with E-state index in [1.807, 2.05) is 26.0 Å². The van der Waals surface area contributed by atoms with Crippen LogP contribution < -0.4 is 14.4 Å². The molecule has 224 valence electrons. The molecular formula is C33H39ClN2O5S. The number of benzene rings is 2. The van der Waals surface area contributed by atoms with Crippen molar-refractivity contribution < 1.29 is 22.7 Å². The summed E-state index contributed by atoms with van der Waals surface area (Å²) in [5.74, 6) is -0.248. The number of hydrogen-bond acceptors (Lipinski definition) is 6. The number of aryl methyl sites for hydroxylation is 1. The van der Waals surface area contributed by atoms with Gasteiger partial charge in [0.1, 0.15) is 5.75 Å². The van der Waals surface area contributed by atoms with Gasteiger partial charge in [0.25, 0.3) is 5.91 Å². The van der Waals surface area contributed by atoms with Gasteiger partial charge in [-0.05, 0) is 104 Å². The molecule has 9 heteroatoms. The van der Waals surface area contributed by atoms with Gasteiger partial charge in [-0.25, -0.2) is 13.1 Å². The molecule has 2 heterocycles. The van der Waals surface area contributed by atoms with Gasteiger partial charge in [-0.15, -0.1) is 0 Å². The summed E-state index contributed by atoms with van der Waals surface area (Å²) >= 11 is 6.38. The van der Waals surface area contributed by atoms with Crippen LogP contribution >= 0.6 is 11.6 Å². The van der Waals surface area contributed by atoms with Gasteiger partial charge in [-0.3, -0.25) is 9.59 Å². The van der Waals surface area contributed by atoms with E-state index in [4.69, 9.17) is 16.3 Å². The van der Waals surface area contributed by atoms with Gasteiger partial charge in [0.05, 0.1) is 17.5 Å². The fourth-order valence-corrected chi connectivity index (χ4v) is 8.81. The van der Waals surface area contributed by atoms with Crippen LogP contribution in [0.15, 0.2) is 48.6 Å². The molecule has 6 rings (SSSR count). The number of anilines is 1. The van der Waals surface area contributed by atoms with E-state index in [2.05, 4.69) is 21.8 Å². The molecule has 2 aromatic rings. The number of ketones is 1. The van der Waals surface area contributed by atoms with E-state index < -0.39 is 21.2 Å². The molecule has 1 N–H and O–H groups in total. The minimum atomic E-state index is -3.97. The summed E-state index contributed by atoms with van der Waals surface area (Å²) in [6, 6.07) is 11.3. The number of allylic oxidation sites excluding steroid dienone is 2. The van der Waals surface area contributed by atoms with Crippen LogP contribution in [-0.4, -0.2) is 45.1 Å². The van der Waals surface area contributed by atoms with Gasteiger partial charge >= 0.3 is 0 Å². The fourth-order valence-electron chi connectivity index (χ4n) is 7.24. The van der Waals surface area contributed by atoms with Crippen LogP contribution in [0.2, 0.25) is 5.02 Å². The monoisotopic (exact) mass is 610 g/mol. The van der Waals surface area contributed by atoms with Crippen molar-refractivity contribution in [1.29, 1.82) is 0 Å². The third-order valence-electron chi connectivity index (χ3n) is 10.4. The summed E-state index contributed by atoms with van der Waals surface area (Å²) in [6.45, 7) is 7.16. The lowest BCUT2D eigenvalue weighted by molar-refractivity contribution is -0.122. The van der Waals surface area contributed by atoms with E-state index in [-0.39, 0.29) is 40.4 Å². The van der Waals surface area contributed by atoms with E-state index in [0.29, 0.717) is 25.4 Å². The van der Waals surface area contributed by atoms with Gasteiger partial charge in [0.15, 0.2) is 5.78 Å². The Hall–Kier alpha value is -2.84. The van der Waals surface area contributed by atoms with Crippen LogP contribution in [0.1, 0.15) is 67.9 Å². The molecule has 2 aromatic carbocycles. The lowest BCUT2D eigenvalue weighted by Gasteiger charge is -2.44. The SMILES string of the molecule is C[C@H]1[C@H](C)/C=C\C(=O)[C@@H]2CC[C@H]2CN2C[C@@]3(CCCc4cc(Cl)ccc43)COc3ccc(cc32)C(=O)NS(=O)(=O)[C@@H]1C. The molecule has 6 atom stereocenters. The van der Waals surface area contributed by atoms with Gasteiger partial charge < -0.3 is 9.64 Å². The third kappa shape index (κ3) is 5.25. The summed E-state index contributed by atoms with van der Waals surface area (Å²) in [6.07, 6.45) is 8.21. The highest BCUT2D eigenvalue weighted by molar-refractivity contribution is 7.90. The standard InChI is InChI=1S/C33H39ClN2O5S/c1-20-6-12-30(37)27-10-7-25(27)17-36-18-33(14-4-5-23-15-26(34)9-11-28(23)33)19-41-31-13-8-24(16-29(31)36)32(38)35-42(39,40)22(3)21(20)2/h6,8-9,11-13,15-16,20-22,25,27H,4-5,7,10,14,17-19H2,1-3H3,(H,35,38)/b12-6-/t20-,21+,22-,25+,27-,33+/m1/s1. The average Bonchev–Trinajstić information content (AvgIpc) is 3.09. The summed E-state index contributed by atoms with van der Waals surface area (Å²) in [7, 11) is -3.97. The van der Waals surface area contributed by atoms with Crippen molar-refractivity contribution in [3.63, 3.8) is 0 Å². The van der Waals surface area contributed by atoms with Crippen molar-refractivity contribution in [1.82, 2.24) is 4.72 Å². The van der Waals surface area contributed by atoms with Gasteiger partial charge in [0.2, 0.25) is 10.0 Å². The average molecular weight is 611 g/mol. The predicted octanol–water partition coefficient (Wildman–Crippen LogP) is 5.70. The Morgan fingerprint density at radius 2 is 1.88 bits per heavy atom. The Balaban J connectivity index is 1.43. The molecule has 0 saturated heterocycles. The van der Waals surface area contributed by atoms with Gasteiger partial charge in [0, 0.05) is 35.0 Å². The quantitative estimate of drug-likeness (QED) is 0.411. The smallest absolute Gasteiger partial charge is 0.264 e. The lowest BCUT2D eigenvalue weighted by atomic mass is 9.68. The van der Waals surface area contributed by atoms with Crippen LogP contribution in [0.25, 0.3) is 0 Å². The van der Waals surface area contributed by atoms with Crippen LogP contribution in [0, 0.1) is 23.7 Å². The highest BCUT2D eigenvalue weighted by Gasteiger charge is 2.44. The molecule has 4 aliphatic rings. The molecule has 1 fully saturated rings. The first kappa shape index (κ1) is 29.2. The number of amides is 1. The molecule has 2 aliphatic carbocycles. The summed E-state index contributed by atoms with van der Waals surface area (Å²) in [5.41, 5.74) is 3.21. The van der Waals surface area contributed by atoms with Crippen molar-refractivity contribution in [2.24, 2.45) is 23.7 Å². The zero-order valence-corrected chi connectivity index (χ0v) is 26.0. The zero-order valence-electron chi connectivity index (χ0n) is 24.4. The Bertz CT molecular complexity index is 1560. The molecule has 42 heavy (non-hydrogen) atoms. The molecule has 1 saturated carbocycles. The molecule has 0 aromatic heterocycles. The maximum Gasteiger partial charge on any atom is 0.264 e. The first-order valence-corrected chi connectivity index (χ1v) is 17.0. The Morgan fingerprint density at radius 1 is 1.07 bits per heavy atom. The number of sulfonamides is 1. The number of carbonyl (C=O) groups excluding carboxylic acids is 2. The zero-order chi connectivity index (χ0) is 29.8. The molecule has 7 nitrogen and oxygen atoms in total. The molecular weight excluding hydrogens is 572 g/mol. The number of nitrogens with one attached hydrogen (secondary N) is 1. The topological polar surface area (TPSA) is 92.8 Å². The molecule has 1 amide bonds. The Morgan fingerprint density at radius 3 is 2.64 bits per heavy atom. The minimum Gasteiger partial charge on any atom is -0.490 e. The summed E-state index contributed by atoms with van der Waals surface area (Å²) in [5, 5.41) is -0.109. The van der Waals surface area contributed by atoms with E-state index in [0.717, 1.165) is 42.8 Å². The highest BCUT2D eigenvalue weighted by atomic mass is 35.5. The summed E-state index contributed by atoms with van der Waals surface area (Å²) in [4.78, 5) is 29.0. The largest absolute Gasteiger partial charge is 0.490 e. The molecule has 1 spiro atoms. The lowest BCUT2D eigenvalue weighted by Crippen LogP contribution is -2.49. The van der Waals surface area contributed by atoms with Crippen LogP contribution in [-0.2, 0) is 26.7 Å². The first-order valence-electron chi connectivity index (χ1n) is 15.1. The number of nitrogens with zero attached hydrogens (tertiary/aromatic N) is 1. The number of halogens is 1. The predicted molar refractivity (Wildman–Crippen MR) is 165 cm³/mol. The number of hydrogen-bond donors (Lipinski definition) is 1. The second kappa shape index (κ2) is 11.0. The van der Waals surface area contributed by atoms with E-state index in [9.17, 15) is 18.0 Å². The normalized spacial score (nSPS) is 33.3. The first-order chi connectivity index (χ1) is 20.0. The Labute approximate surface area is 253 Å². The molecule has 0 radical (unpaired) electrons. The number of rotatable bonds is 0. The van der Waals surface area contributed by atoms with Crippen molar-refractivity contribution in [2.45, 2.75) is 63.5 Å². The van der Waals surface area contributed by atoms with E-state index >= 15 is 0 Å². The van der Waals surface area contributed by atoms with Crippen molar-refractivity contribution in [2.75, 3.05) is 24.6 Å². The molecule has 0 unspecified atom stereocenters. The fraction of sp³-hybridized carbons (Fsp3) is 0.515. The van der Waals surface area contributed by atoms with Crippen LogP contribution in [0.4, 0.5) is 5.69 Å². The third-order valence-corrected chi connectivity index (χ3v) is 12.5. The van der Waals surface area contributed by atoms with Crippen LogP contribution in [0.3, 0.4) is 0 Å². The number of ether oxygens (including phenoxy) is 1. The highest BCUT2D eigenvalue weighted by Crippen LogP contribution is 2.46. The van der Waals surface area contributed by atoms with Gasteiger partial charge in [-0.1, -0.05) is 37.6 Å². The minimum absolute atomic E-state index is 0.0784. The maximum absolute atomic E-state index is 13.4.